The monoisotopic (exact) mass is 231 g/mol. The first-order valence-electron chi connectivity index (χ1n) is 5.66. The van der Waals surface area contributed by atoms with Crippen molar-refractivity contribution in [3.8, 4) is 5.75 Å². The Morgan fingerprint density at radius 1 is 1.06 bits per heavy atom. The lowest BCUT2D eigenvalue weighted by Gasteiger charge is -2.06. The van der Waals surface area contributed by atoms with Crippen LogP contribution in [0, 0.1) is 13.8 Å². The van der Waals surface area contributed by atoms with Crippen molar-refractivity contribution in [1.82, 2.24) is 0 Å². The molecule has 0 saturated heterocycles. The van der Waals surface area contributed by atoms with E-state index in [-0.39, 0.29) is 0 Å². The standard InChI is InChI=1S/C14H17NO2/c1-10-5-11(2)7-14(6-10)16-9-13-4-3-12(8-15)17-13/h3-7H,8-9,15H2,1-2H3. The fourth-order valence-electron chi connectivity index (χ4n) is 1.78. The Kier molecular flexibility index (Phi) is 3.49. The largest absolute Gasteiger partial charge is 0.486 e. The minimum atomic E-state index is 0.420. The summed E-state index contributed by atoms with van der Waals surface area (Å²) in [4.78, 5) is 0. The van der Waals surface area contributed by atoms with E-state index in [0.717, 1.165) is 17.3 Å². The van der Waals surface area contributed by atoms with Gasteiger partial charge < -0.3 is 14.9 Å². The average molecular weight is 231 g/mol. The Morgan fingerprint density at radius 2 is 1.71 bits per heavy atom. The van der Waals surface area contributed by atoms with E-state index in [1.165, 1.54) is 11.1 Å². The van der Waals surface area contributed by atoms with Crippen molar-refractivity contribution in [2.24, 2.45) is 5.73 Å². The molecule has 0 radical (unpaired) electrons. The van der Waals surface area contributed by atoms with Gasteiger partial charge in [-0.3, -0.25) is 0 Å². The molecule has 0 amide bonds. The molecule has 0 bridgehead atoms. The van der Waals surface area contributed by atoms with Crippen LogP contribution in [-0.2, 0) is 13.2 Å². The number of hydrogen-bond donors (Lipinski definition) is 1. The van der Waals surface area contributed by atoms with Gasteiger partial charge in [0.05, 0.1) is 6.54 Å². The molecule has 0 aliphatic rings. The molecule has 1 heterocycles. The van der Waals surface area contributed by atoms with Gasteiger partial charge in [0.15, 0.2) is 0 Å². The van der Waals surface area contributed by atoms with E-state index >= 15 is 0 Å². The van der Waals surface area contributed by atoms with Gasteiger partial charge in [-0.2, -0.15) is 0 Å². The summed E-state index contributed by atoms with van der Waals surface area (Å²) in [5, 5.41) is 0. The third kappa shape index (κ3) is 3.11. The molecule has 3 nitrogen and oxygen atoms in total. The molecule has 17 heavy (non-hydrogen) atoms. The van der Waals surface area contributed by atoms with Crippen LogP contribution < -0.4 is 10.5 Å². The number of rotatable bonds is 4. The molecule has 2 N–H and O–H groups in total. The molecule has 0 atom stereocenters. The third-order valence-electron chi connectivity index (χ3n) is 2.49. The van der Waals surface area contributed by atoms with E-state index in [0.29, 0.717) is 13.2 Å². The van der Waals surface area contributed by atoms with Crippen LogP contribution in [0.1, 0.15) is 22.6 Å². The summed E-state index contributed by atoms with van der Waals surface area (Å²) < 4.78 is 11.1. The van der Waals surface area contributed by atoms with Crippen molar-refractivity contribution in [1.29, 1.82) is 0 Å². The molecule has 1 aromatic heterocycles. The van der Waals surface area contributed by atoms with E-state index in [1.54, 1.807) is 0 Å². The van der Waals surface area contributed by atoms with E-state index < -0.39 is 0 Å². The second-order valence-electron chi connectivity index (χ2n) is 4.18. The SMILES string of the molecule is Cc1cc(C)cc(OCc2ccc(CN)o2)c1. The highest BCUT2D eigenvalue weighted by molar-refractivity contribution is 5.33. The van der Waals surface area contributed by atoms with Gasteiger partial charge in [0.1, 0.15) is 23.9 Å². The van der Waals surface area contributed by atoms with Gasteiger partial charge in [-0.1, -0.05) is 6.07 Å². The molecule has 3 heteroatoms. The van der Waals surface area contributed by atoms with E-state index in [4.69, 9.17) is 14.9 Å². The van der Waals surface area contributed by atoms with Crippen LogP contribution in [0.5, 0.6) is 5.75 Å². The summed E-state index contributed by atoms with van der Waals surface area (Å²) in [6, 6.07) is 9.91. The summed E-state index contributed by atoms with van der Waals surface area (Å²) in [5.41, 5.74) is 7.87. The molecule has 0 aliphatic carbocycles. The first-order chi connectivity index (χ1) is 8.17. The number of aryl methyl sites for hydroxylation is 2. The van der Waals surface area contributed by atoms with E-state index in [1.807, 2.05) is 24.3 Å². The van der Waals surface area contributed by atoms with Crippen LogP contribution in [0.4, 0.5) is 0 Å². The normalized spacial score (nSPS) is 10.5. The fraction of sp³-hybridized carbons (Fsp3) is 0.286. The zero-order chi connectivity index (χ0) is 12.3. The Hall–Kier alpha value is -1.74. The quantitative estimate of drug-likeness (QED) is 0.880. The van der Waals surface area contributed by atoms with Crippen LogP contribution >= 0.6 is 0 Å². The predicted octanol–water partition coefficient (Wildman–Crippen LogP) is 2.93. The molecular formula is C14H17NO2. The van der Waals surface area contributed by atoms with Crippen molar-refractivity contribution < 1.29 is 9.15 Å². The number of nitrogens with two attached hydrogens (primary N) is 1. The van der Waals surface area contributed by atoms with Gasteiger partial charge in [0, 0.05) is 0 Å². The maximum Gasteiger partial charge on any atom is 0.146 e. The second kappa shape index (κ2) is 5.06. The Morgan fingerprint density at radius 3 is 2.29 bits per heavy atom. The zero-order valence-electron chi connectivity index (χ0n) is 10.2. The lowest BCUT2D eigenvalue weighted by atomic mass is 10.1. The van der Waals surface area contributed by atoms with Crippen molar-refractivity contribution in [2.45, 2.75) is 27.0 Å². The number of hydrogen-bond acceptors (Lipinski definition) is 3. The predicted molar refractivity (Wildman–Crippen MR) is 66.8 cm³/mol. The highest BCUT2D eigenvalue weighted by atomic mass is 16.5. The van der Waals surface area contributed by atoms with Crippen molar-refractivity contribution in [3.63, 3.8) is 0 Å². The summed E-state index contributed by atoms with van der Waals surface area (Å²) in [6.07, 6.45) is 0. The van der Waals surface area contributed by atoms with Gasteiger partial charge in [0.2, 0.25) is 0 Å². The molecule has 2 rings (SSSR count). The molecule has 1 aromatic carbocycles. The van der Waals surface area contributed by atoms with Gasteiger partial charge >= 0.3 is 0 Å². The number of ether oxygens (including phenoxy) is 1. The third-order valence-corrected chi connectivity index (χ3v) is 2.49. The highest BCUT2D eigenvalue weighted by Gasteiger charge is 2.02. The fourth-order valence-corrected chi connectivity index (χ4v) is 1.78. The van der Waals surface area contributed by atoms with Gasteiger partial charge in [0.25, 0.3) is 0 Å². The lowest BCUT2D eigenvalue weighted by Crippen LogP contribution is -1.96. The summed E-state index contributed by atoms with van der Waals surface area (Å²) >= 11 is 0. The lowest BCUT2D eigenvalue weighted by molar-refractivity contribution is 0.266. The molecule has 0 spiro atoms. The molecule has 90 valence electrons. The summed E-state index contributed by atoms with van der Waals surface area (Å²) in [7, 11) is 0. The Bertz CT molecular complexity index is 482. The minimum Gasteiger partial charge on any atom is -0.486 e. The molecule has 0 fully saturated rings. The smallest absolute Gasteiger partial charge is 0.146 e. The van der Waals surface area contributed by atoms with E-state index in [9.17, 15) is 0 Å². The molecule has 0 aliphatic heterocycles. The van der Waals surface area contributed by atoms with Gasteiger partial charge in [-0.25, -0.2) is 0 Å². The van der Waals surface area contributed by atoms with E-state index in [2.05, 4.69) is 19.9 Å². The van der Waals surface area contributed by atoms with Crippen molar-refractivity contribution in [2.75, 3.05) is 0 Å². The maximum absolute atomic E-state index is 5.68. The number of furan rings is 1. The first-order valence-corrected chi connectivity index (χ1v) is 5.66. The number of benzene rings is 1. The minimum absolute atomic E-state index is 0.420. The first kappa shape index (κ1) is 11.7. The van der Waals surface area contributed by atoms with Crippen molar-refractivity contribution in [3.05, 3.63) is 53.0 Å². The summed E-state index contributed by atoms with van der Waals surface area (Å²) in [6.45, 7) is 4.96. The van der Waals surface area contributed by atoms with Crippen molar-refractivity contribution >= 4 is 0 Å². The van der Waals surface area contributed by atoms with Gasteiger partial charge in [-0.15, -0.1) is 0 Å². The topological polar surface area (TPSA) is 48.4 Å². The molecule has 0 saturated carbocycles. The average Bonchev–Trinajstić information content (AvgIpc) is 2.73. The second-order valence-corrected chi connectivity index (χ2v) is 4.18. The van der Waals surface area contributed by atoms with Crippen LogP contribution in [0.15, 0.2) is 34.7 Å². The molecule has 0 unspecified atom stereocenters. The van der Waals surface area contributed by atoms with Crippen LogP contribution in [0.3, 0.4) is 0 Å². The van der Waals surface area contributed by atoms with Gasteiger partial charge in [-0.05, 0) is 49.2 Å². The van der Waals surface area contributed by atoms with Crippen LogP contribution in [0.25, 0.3) is 0 Å². The molecule has 2 aromatic rings. The molecular weight excluding hydrogens is 214 g/mol. The van der Waals surface area contributed by atoms with Crippen LogP contribution in [0.2, 0.25) is 0 Å². The maximum atomic E-state index is 5.68. The van der Waals surface area contributed by atoms with Crippen LogP contribution in [-0.4, -0.2) is 0 Å². The Balaban J connectivity index is 2.01. The Labute approximate surface area is 101 Å². The summed E-state index contributed by atoms with van der Waals surface area (Å²) in [5.74, 6) is 2.45. The zero-order valence-corrected chi connectivity index (χ0v) is 10.2. The highest BCUT2D eigenvalue weighted by Crippen LogP contribution is 2.18.